The molecule has 5 nitrogen and oxygen atoms in total. The molecule has 0 spiro atoms. The molecule has 3 heterocycles. The Balaban J connectivity index is 1.61. The first kappa shape index (κ1) is 22.0. The summed E-state index contributed by atoms with van der Waals surface area (Å²) in [5, 5.41) is 2.31. The SMILES string of the molecule is O=C(c1ncc(-c2cccnc2)o1)c1c(Cl)n(Cc2ccc(Cl)cc2Cl)c2ccc(Cl)cc12. The molecule has 5 rings (SSSR count). The number of rotatable bonds is 5. The number of ketones is 1. The Labute approximate surface area is 208 Å². The van der Waals surface area contributed by atoms with Crippen molar-refractivity contribution in [2.24, 2.45) is 0 Å². The van der Waals surface area contributed by atoms with Crippen LogP contribution in [-0.4, -0.2) is 20.3 Å². The van der Waals surface area contributed by atoms with Crippen molar-refractivity contribution in [3.8, 4) is 11.3 Å². The molecule has 0 aliphatic rings. The van der Waals surface area contributed by atoms with E-state index in [1.165, 1.54) is 6.20 Å². The maximum absolute atomic E-state index is 13.5. The number of pyridine rings is 1. The highest BCUT2D eigenvalue weighted by atomic mass is 35.5. The summed E-state index contributed by atoms with van der Waals surface area (Å²) in [5.74, 6) is -0.111. The molecule has 0 saturated carbocycles. The second kappa shape index (κ2) is 8.84. The first-order valence-corrected chi connectivity index (χ1v) is 11.3. The molecule has 0 saturated heterocycles. The fourth-order valence-corrected chi connectivity index (χ4v) is 4.59. The number of hydrogen-bond donors (Lipinski definition) is 0. The Morgan fingerprint density at radius 2 is 1.76 bits per heavy atom. The lowest BCUT2D eigenvalue weighted by Gasteiger charge is -2.09. The second-order valence-electron chi connectivity index (χ2n) is 7.25. The van der Waals surface area contributed by atoms with Crippen LogP contribution in [0.5, 0.6) is 0 Å². The zero-order valence-corrected chi connectivity index (χ0v) is 19.8. The molecule has 5 aromatic rings. The average Bonchev–Trinajstić information content (AvgIpc) is 3.39. The number of carbonyl (C=O) groups is 1. The molecule has 33 heavy (non-hydrogen) atoms. The lowest BCUT2D eigenvalue weighted by Crippen LogP contribution is -2.04. The molecule has 0 atom stereocenters. The largest absolute Gasteiger partial charge is 0.433 e. The zero-order valence-electron chi connectivity index (χ0n) is 16.7. The summed E-state index contributed by atoms with van der Waals surface area (Å²) in [5.41, 5.74) is 2.47. The summed E-state index contributed by atoms with van der Waals surface area (Å²) in [7, 11) is 0. The van der Waals surface area contributed by atoms with Crippen LogP contribution in [0.3, 0.4) is 0 Å². The number of fused-ring (bicyclic) bond motifs is 1. The van der Waals surface area contributed by atoms with Crippen LogP contribution >= 0.6 is 46.4 Å². The Hall–Kier alpha value is -2.83. The van der Waals surface area contributed by atoms with E-state index in [1.807, 2.05) is 12.1 Å². The zero-order chi connectivity index (χ0) is 23.1. The van der Waals surface area contributed by atoms with E-state index in [2.05, 4.69) is 9.97 Å². The standard InChI is InChI=1S/C24H13Cl4N3O2/c25-15-5-6-19-17(8-15)21(23(28)31(19)12-14-3-4-16(26)9-18(14)27)22(32)24-30-11-20(33-24)13-2-1-7-29-10-13/h1-11H,12H2. The highest BCUT2D eigenvalue weighted by molar-refractivity contribution is 6.38. The lowest BCUT2D eigenvalue weighted by molar-refractivity contribution is 0.100. The van der Waals surface area contributed by atoms with Gasteiger partial charge < -0.3 is 8.98 Å². The lowest BCUT2D eigenvalue weighted by atomic mass is 10.1. The topological polar surface area (TPSA) is 60.9 Å². The van der Waals surface area contributed by atoms with Gasteiger partial charge in [0.05, 0.1) is 23.8 Å². The maximum Gasteiger partial charge on any atom is 0.268 e. The highest BCUT2D eigenvalue weighted by Gasteiger charge is 2.26. The fourth-order valence-electron chi connectivity index (χ4n) is 3.61. The number of hydrogen-bond acceptors (Lipinski definition) is 4. The van der Waals surface area contributed by atoms with E-state index in [0.29, 0.717) is 38.3 Å². The van der Waals surface area contributed by atoms with Crippen LogP contribution in [-0.2, 0) is 6.54 Å². The van der Waals surface area contributed by atoms with Crippen molar-refractivity contribution in [3.05, 3.63) is 104 Å². The normalized spacial score (nSPS) is 11.3. The Bertz CT molecular complexity index is 1510. The van der Waals surface area contributed by atoms with Crippen LogP contribution in [0.2, 0.25) is 20.2 Å². The number of benzene rings is 2. The van der Waals surface area contributed by atoms with Crippen molar-refractivity contribution in [2.45, 2.75) is 6.54 Å². The monoisotopic (exact) mass is 515 g/mol. The van der Waals surface area contributed by atoms with Gasteiger partial charge in [-0.2, -0.15) is 0 Å². The van der Waals surface area contributed by atoms with Crippen LogP contribution in [0.15, 0.2) is 71.5 Å². The number of oxazole rings is 1. The predicted octanol–water partition coefficient (Wildman–Crippen LogP) is 7.58. The highest BCUT2D eigenvalue weighted by Crippen LogP contribution is 2.35. The summed E-state index contributed by atoms with van der Waals surface area (Å²) in [6.07, 6.45) is 4.76. The van der Waals surface area contributed by atoms with E-state index < -0.39 is 5.78 Å². The van der Waals surface area contributed by atoms with E-state index in [4.69, 9.17) is 50.8 Å². The minimum atomic E-state index is -0.455. The minimum absolute atomic E-state index is 0.0840. The van der Waals surface area contributed by atoms with Gasteiger partial charge in [-0.15, -0.1) is 0 Å². The third-order valence-corrected chi connectivity index (χ3v) is 6.39. The molecule has 9 heteroatoms. The Kier molecular flexibility index (Phi) is 5.89. The van der Waals surface area contributed by atoms with Crippen molar-refractivity contribution >= 4 is 63.1 Å². The summed E-state index contributed by atoms with van der Waals surface area (Å²) in [6.45, 7) is 0.326. The average molecular weight is 517 g/mol. The summed E-state index contributed by atoms with van der Waals surface area (Å²) < 4.78 is 7.53. The molecule has 0 amide bonds. The molecule has 2 aromatic carbocycles. The second-order valence-corrected chi connectivity index (χ2v) is 8.89. The Morgan fingerprint density at radius 3 is 2.52 bits per heavy atom. The summed E-state index contributed by atoms with van der Waals surface area (Å²) >= 11 is 25.4. The third-order valence-electron chi connectivity index (χ3n) is 5.18. The number of halogens is 4. The predicted molar refractivity (Wildman–Crippen MR) is 131 cm³/mol. The Morgan fingerprint density at radius 1 is 0.970 bits per heavy atom. The van der Waals surface area contributed by atoms with Gasteiger partial charge in [0.1, 0.15) is 5.15 Å². The third kappa shape index (κ3) is 4.13. The number of nitrogens with zero attached hydrogens (tertiary/aromatic N) is 3. The molecule has 164 valence electrons. The molecular formula is C24H13Cl4N3O2. The van der Waals surface area contributed by atoms with Crippen LogP contribution in [0.25, 0.3) is 22.2 Å². The molecule has 0 N–H and O–H groups in total. The molecular weight excluding hydrogens is 504 g/mol. The van der Waals surface area contributed by atoms with Gasteiger partial charge in [0, 0.05) is 38.4 Å². The van der Waals surface area contributed by atoms with Gasteiger partial charge in [-0.3, -0.25) is 9.78 Å². The van der Waals surface area contributed by atoms with Gasteiger partial charge in [-0.05, 0) is 48.0 Å². The number of aromatic nitrogens is 3. The summed E-state index contributed by atoms with van der Waals surface area (Å²) in [6, 6.07) is 14.1. The van der Waals surface area contributed by atoms with Gasteiger partial charge >= 0.3 is 0 Å². The molecule has 3 aromatic heterocycles. The van der Waals surface area contributed by atoms with E-state index in [0.717, 1.165) is 11.1 Å². The molecule has 0 fully saturated rings. The minimum Gasteiger partial charge on any atom is -0.433 e. The van der Waals surface area contributed by atoms with E-state index in [1.54, 1.807) is 53.4 Å². The van der Waals surface area contributed by atoms with Gasteiger partial charge in [-0.25, -0.2) is 4.98 Å². The molecule has 0 aliphatic heterocycles. The molecule has 0 aliphatic carbocycles. The summed E-state index contributed by atoms with van der Waals surface area (Å²) in [4.78, 5) is 21.7. The van der Waals surface area contributed by atoms with Crippen molar-refractivity contribution in [1.82, 2.24) is 14.5 Å². The van der Waals surface area contributed by atoms with E-state index >= 15 is 0 Å². The van der Waals surface area contributed by atoms with Crippen LogP contribution in [0.1, 0.15) is 21.8 Å². The van der Waals surface area contributed by atoms with Gasteiger partial charge in [0.2, 0.25) is 0 Å². The fraction of sp³-hybridized carbons (Fsp3) is 0.0417. The van der Waals surface area contributed by atoms with Gasteiger partial charge in [0.25, 0.3) is 11.7 Å². The maximum atomic E-state index is 13.5. The first-order chi connectivity index (χ1) is 15.9. The van der Waals surface area contributed by atoms with Crippen molar-refractivity contribution in [1.29, 1.82) is 0 Å². The van der Waals surface area contributed by atoms with Crippen LogP contribution < -0.4 is 0 Å². The van der Waals surface area contributed by atoms with Crippen molar-refractivity contribution in [3.63, 3.8) is 0 Å². The first-order valence-electron chi connectivity index (χ1n) is 9.74. The van der Waals surface area contributed by atoms with E-state index in [9.17, 15) is 4.79 Å². The van der Waals surface area contributed by atoms with Crippen molar-refractivity contribution in [2.75, 3.05) is 0 Å². The number of carbonyl (C=O) groups excluding carboxylic acids is 1. The molecule has 0 radical (unpaired) electrons. The van der Waals surface area contributed by atoms with Gasteiger partial charge in [-0.1, -0.05) is 52.5 Å². The smallest absolute Gasteiger partial charge is 0.268 e. The molecule has 0 bridgehead atoms. The van der Waals surface area contributed by atoms with Gasteiger partial charge in [0.15, 0.2) is 5.76 Å². The molecule has 0 unspecified atom stereocenters. The van der Waals surface area contributed by atoms with Crippen LogP contribution in [0, 0.1) is 0 Å². The quantitative estimate of drug-likeness (QED) is 0.226. The van der Waals surface area contributed by atoms with Crippen molar-refractivity contribution < 1.29 is 9.21 Å². The van der Waals surface area contributed by atoms with Crippen LogP contribution in [0.4, 0.5) is 0 Å². The van der Waals surface area contributed by atoms with E-state index in [-0.39, 0.29) is 16.6 Å².